The zero-order valence-corrected chi connectivity index (χ0v) is 14.7. The van der Waals surface area contributed by atoms with Crippen LogP contribution in [0.1, 0.15) is 65.7 Å². The predicted molar refractivity (Wildman–Crippen MR) is 93.6 cm³/mol. The van der Waals surface area contributed by atoms with Gasteiger partial charge in [0.1, 0.15) is 0 Å². The van der Waals surface area contributed by atoms with Gasteiger partial charge in [-0.1, -0.05) is 56.9 Å². The largest absolute Gasteiger partial charge is 0.392 e. The molecule has 3 nitrogen and oxygen atoms in total. The zero-order chi connectivity index (χ0) is 17.0. The summed E-state index contributed by atoms with van der Waals surface area (Å²) in [6, 6.07) is 0. The molecule has 1 saturated heterocycles. The normalized spacial score (nSPS) is 22.4. The first-order chi connectivity index (χ1) is 11.1. The number of hydrogen-bond acceptors (Lipinski definition) is 3. The number of aliphatic hydroxyl groups excluding tert-OH is 1. The second kappa shape index (κ2) is 11.3. The van der Waals surface area contributed by atoms with Crippen LogP contribution in [0.5, 0.6) is 0 Å². The molecule has 0 aliphatic carbocycles. The van der Waals surface area contributed by atoms with E-state index < -0.39 is 5.79 Å². The van der Waals surface area contributed by atoms with Crippen molar-refractivity contribution >= 4 is 0 Å². The minimum absolute atomic E-state index is 0.00435. The fourth-order valence-electron chi connectivity index (χ4n) is 2.66. The molecule has 3 heteroatoms. The van der Waals surface area contributed by atoms with Crippen LogP contribution in [0, 0.1) is 23.7 Å². The highest BCUT2D eigenvalue weighted by molar-refractivity contribution is 5.30. The third-order valence-corrected chi connectivity index (χ3v) is 3.71. The van der Waals surface area contributed by atoms with E-state index in [1.807, 2.05) is 13.8 Å². The highest BCUT2D eigenvalue weighted by Crippen LogP contribution is 2.32. The molecule has 0 amide bonds. The standard InChI is InChI=1S/C20H30O3/c1-4-5-6-9-12-15-18-19(23-20(2,3)22-18)16-13-10-7-8-11-14-17-21/h11,14,18-19,21H,4-6,9,12,15-17H2,1-3H3/t18-,19-/m1/s1. The van der Waals surface area contributed by atoms with Gasteiger partial charge in [-0.05, 0) is 38.2 Å². The number of aliphatic hydroxyl groups is 1. The molecule has 1 N–H and O–H groups in total. The second-order valence-corrected chi connectivity index (χ2v) is 6.28. The van der Waals surface area contributed by atoms with Crippen molar-refractivity contribution in [2.45, 2.75) is 83.7 Å². The van der Waals surface area contributed by atoms with Crippen molar-refractivity contribution in [3.05, 3.63) is 12.2 Å². The molecule has 1 fully saturated rings. The Morgan fingerprint density at radius 1 is 1.04 bits per heavy atom. The summed E-state index contributed by atoms with van der Waals surface area (Å²) in [7, 11) is 0. The van der Waals surface area contributed by atoms with Gasteiger partial charge in [0.25, 0.3) is 0 Å². The van der Waals surface area contributed by atoms with Crippen molar-refractivity contribution in [1.82, 2.24) is 0 Å². The van der Waals surface area contributed by atoms with Crippen molar-refractivity contribution in [1.29, 1.82) is 0 Å². The van der Waals surface area contributed by atoms with E-state index in [1.54, 1.807) is 12.2 Å². The Bertz CT molecular complexity index is 471. The first-order valence-corrected chi connectivity index (χ1v) is 8.69. The lowest BCUT2D eigenvalue weighted by Crippen LogP contribution is -2.21. The Kier molecular flexibility index (Phi) is 9.72. The number of rotatable bonds is 8. The van der Waals surface area contributed by atoms with Crippen LogP contribution < -0.4 is 0 Å². The molecule has 1 aliphatic rings. The molecule has 0 aromatic rings. The van der Waals surface area contributed by atoms with Gasteiger partial charge < -0.3 is 14.6 Å². The third-order valence-electron chi connectivity index (χ3n) is 3.71. The maximum Gasteiger partial charge on any atom is 0.163 e. The Labute approximate surface area is 141 Å². The third kappa shape index (κ3) is 8.82. The molecule has 0 saturated carbocycles. The molecule has 1 heterocycles. The van der Waals surface area contributed by atoms with Gasteiger partial charge in [0.15, 0.2) is 5.79 Å². The van der Waals surface area contributed by atoms with Gasteiger partial charge in [0, 0.05) is 6.42 Å². The van der Waals surface area contributed by atoms with E-state index in [-0.39, 0.29) is 18.8 Å². The first kappa shape index (κ1) is 19.8. The van der Waals surface area contributed by atoms with E-state index in [2.05, 4.69) is 30.6 Å². The highest BCUT2D eigenvalue weighted by Gasteiger charge is 2.40. The van der Waals surface area contributed by atoms with Crippen molar-refractivity contribution in [2.75, 3.05) is 6.61 Å². The van der Waals surface area contributed by atoms with E-state index in [4.69, 9.17) is 14.6 Å². The lowest BCUT2D eigenvalue weighted by Gasteiger charge is -2.16. The van der Waals surface area contributed by atoms with Crippen molar-refractivity contribution < 1.29 is 14.6 Å². The minimum Gasteiger partial charge on any atom is -0.392 e. The maximum atomic E-state index is 8.59. The van der Waals surface area contributed by atoms with Crippen molar-refractivity contribution in [2.24, 2.45) is 0 Å². The number of hydrogen-bond donors (Lipinski definition) is 1. The summed E-state index contributed by atoms with van der Waals surface area (Å²) in [4.78, 5) is 0. The second-order valence-electron chi connectivity index (χ2n) is 6.28. The zero-order valence-electron chi connectivity index (χ0n) is 14.7. The summed E-state index contributed by atoms with van der Waals surface area (Å²) in [5, 5.41) is 8.59. The maximum absolute atomic E-state index is 8.59. The summed E-state index contributed by atoms with van der Waals surface area (Å²) in [5.41, 5.74) is 0. The molecule has 128 valence electrons. The highest BCUT2D eigenvalue weighted by atomic mass is 16.7. The number of allylic oxidation sites excluding steroid dienone is 1. The SMILES string of the molecule is CCCCCCC[C@H]1OC(C)(C)O[C@@H]1CC#CC#CC=CCO. The summed E-state index contributed by atoms with van der Waals surface area (Å²) in [6.07, 6.45) is 11.3. The van der Waals surface area contributed by atoms with Crippen molar-refractivity contribution in [3.8, 4) is 23.7 Å². The Morgan fingerprint density at radius 3 is 2.52 bits per heavy atom. The van der Waals surface area contributed by atoms with Crippen LogP contribution in [0.3, 0.4) is 0 Å². The lowest BCUT2D eigenvalue weighted by atomic mass is 10.0. The fraction of sp³-hybridized carbons (Fsp3) is 0.700. The van der Waals surface area contributed by atoms with Gasteiger partial charge in [-0.25, -0.2) is 0 Å². The summed E-state index contributed by atoms with van der Waals surface area (Å²) in [6.45, 7) is 6.16. The van der Waals surface area contributed by atoms with Gasteiger partial charge in [-0.3, -0.25) is 0 Å². The Hall–Kier alpha value is -1.26. The van der Waals surface area contributed by atoms with E-state index >= 15 is 0 Å². The van der Waals surface area contributed by atoms with E-state index in [9.17, 15) is 0 Å². The van der Waals surface area contributed by atoms with Crippen molar-refractivity contribution in [3.63, 3.8) is 0 Å². The monoisotopic (exact) mass is 318 g/mol. The molecule has 1 rings (SSSR count). The molecule has 0 aromatic heterocycles. The van der Waals surface area contributed by atoms with Gasteiger partial charge in [-0.2, -0.15) is 0 Å². The fourth-order valence-corrected chi connectivity index (χ4v) is 2.66. The van der Waals surface area contributed by atoms with Crippen LogP contribution in [-0.4, -0.2) is 29.7 Å². The van der Waals surface area contributed by atoms with Gasteiger partial charge in [0.05, 0.1) is 18.8 Å². The molecule has 1 aliphatic heterocycles. The lowest BCUT2D eigenvalue weighted by molar-refractivity contribution is -0.146. The smallest absolute Gasteiger partial charge is 0.163 e. The molecule has 23 heavy (non-hydrogen) atoms. The number of ether oxygens (including phenoxy) is 2. The van der Waals surface area contributed by atoms with E-state index in [0.29, 0.717) is 6.42 Å². The molecular weight excluding hydrogens is 288 g/mol. The van der Waals surface area contributed by atoms with Crippen LogP contribution in [0.2, 0.25) is 0 Å². The van der Waals surface area contributed by atoms with E-state index in [0.717, 1.165) is 6.42 Å². The molecular formula is C20H30O3. The van der Waals surface area contributed by atoms with Gasteiger partial charge in [-0.15, -0.1) is 0 Å². The van der Waals surface area contributed by atoms with Crippen LogP contribution in [0.15, 0.2) is 12.2 Å². The summed E-state index contributed by atoms with van der Waals surface area (Å²) < 4.78 is 12.0. The average molecular weight is 318 g/mol. The Morgan fingerprint density at radius 2 is 1.78 bits per heavy atom. The van der Waals surface area contributed by atoms with Gasteiger partial charge in [0.2, 0.25) is 0 Å². The topological polar surface area (TPSA) is 38.7 Å². The van der Waals surface area contributed by atoms with Crippen LogP contribution >= 0.6 is 0 Å². The van der Waals surface area contributed by atoms with Crippen LogP contribution in [-0.2, 0) is 9.47 Å². The molecule has 0 bridgehead atoms. The predicted octanol–water partition coefficient (Wildman–Crippen LogP) is 3.81. The Balaban J connectivity index is 2.41. The molecule has 0 aromatic carbocycles. The first-order valence-electron chi connectivity index (χ1n) is 8.69. The molecule has 0 spiro atoms. The molecule has 2 atom stereocenters. The molecule has 0 radical (unpaired) electrons. The summed E-state index contributed by atoms with van der Waals surface area (Å²) in [5.74, 6) is 10.9. The quantitative estimate of drug-likeness (QED) is 0.546. The average Bonchev–Trinajstić information content (AvgIpc) is 2.80. The van der Waals surface area contributed by atoms with E-state index in [1.165, 1.54) is 32.1 Å². The summed E-state index contributed by atoms with van der Waals surface area (Å²) >= 11 is 0. The number of unbranched alkanes of at least 4 members (excludes halogenated alkanes) is 4. The molecule has 0 unspecified atom stereocenters. The minimum atomic E-state index is -0.518. The van der Waals surface area contributed by atoms with Gasteiger partial charge >= 0.3 is 0 Å². The van der Waals surface area contributed by atoms with Crippen LogP contribution in [0.4, 0.5) is 0 Å². The van der Waals surface area contributed by atoms with Crippen LogP contribution in [0.25, 0.3) is 0 Å².